The van der Waals surface area contributed by atoms with Crippen LogP contribution in [-0.2, 0) is 11.2 Å². The molecule has 0 radical (unpaired) electrons. The van der Waals surface area contributed by atoms with Gasteiger partial charge in [-0.05, 0) is 49.6 Å². The average molecular weight is 340 g/mol. The summed E-state index contributed by atoms with van der Waals surface area (Å²) in [5.74, 6) is 0.888. The Morgan fingerprint density at radius 2 is 1.83 bits per heavy atom. The lowest BCUT2D eigenvalue weighted by Gasteiger charge is -2.06. The molecule has 1 aliphatic heterocycles. The number of carbonyl (C=O) groups is 1. The molecule has 1 N–H and O–H groups in total. The number of hydrogen-bond acceptors (Lipinski definition) is 4. The van der Waals surface area contributed by atoms with Gasteiger partial charge in [0.1, 0.15) is 5.75 Å². The summed E-state index contributed by atoms with van der Waals surface area (Å²) in [6.07, 6.45) is 1.64. The highest BCUT2D eigenvalue weighted by Crippen LogP contribution is 2.26. The summed E-state index contributed by atoms with van der Waals surface area (Å²) in [5, 5.41) is 3.47. The molecular formula is C19H20N2O2S. The predicted molar refractivity (Wildman–Crippen MR) is 99.1 cm³/mol. The maximum absolute atomic E-state index is 12.1. The van der Waals surface area contributed by atoms with E-state index in [4.69, 9.17) is 4.74 Å². The van der Waals surface area contributed by atoms with E-state index < -0.39 is 0 Å². The Hall–Kier alpha value is -2.27. The van der Waals surface area contributed by atoms with E-state index in [0.29, 0.717) is 5.17 Å². The topological polar surface area (TPSA) is 50.7 Å². The van der Waals surface area contributed by atoms with Gasteiger partial charge in [0, 0.05) is 0 Å². The standard InChI is InChI=1S/C19H20N2O2S/c1-13-3-8-15(9-4-13)20-19-21-18(22)17(24-19)12-7-14-5-10-16(23-2)11-6-14/h3-6,8-11,17H,7,12H2,1-2H3,(H,20,21,22). The Labute approximate surface area is 146 Å². The maximum atomic E-state index is 12.1. The van der Waals surface area contributed by atoms with Crippen LogP contribution in [0.25, 0.3) is 0 Å². The van der Waals surface area contributed by atoms with E-state index in [0.717, 1.165) is 24.3 Å². The number of benzene rings is 2. The van der Waals surface area contributed by atoms with Crippen LogP contribution in [0.3, 0.4) is 0 Å². The molecule has 1 atom stereocenters. The van der Waals surface area contributed by atoms with Crippen LogP contribution in [0.4, 0.5) is 5.69 Å². The molecule has 24 heavy (non-hydrogen) atoms. The number of hydrogen-bond donors (Lipinski definition) is 1. The van der Waals surface area contributed by atoms with Crippen molar-refractivity contribution in [2.45, 2.75) is 25.0 Å². The minimum Gasteiger partial charge on any atom is -0.497 e. The van der Waals surface area contributed by atoms with Crippen molar-refractivity contribution in [3.8, 4) is 5.75 Å². The summed E-state index contributed by atoms with van der Waals surface area (Å²) in [6, 6.07) is 15.9. The summed E-state index contributed by atoms with van der Waals surface area (Å²) in [7, 11) is 1.66. The first-order chi connectivity index (χ1) is 11.6. The van der Waals surface area contributed by atoms with Crippen molar-refractivity contribution in [1.29, 1.82) is 0 Å². The van der Waals surface area contributed by atoms with E-state index in [1.165, 1.54) is 22.9 Å². The first-order valence-corrected chi connectivity index (χ1v) is 8.78. The highest BCUT2D eigenvalue weighted by molar-refractivity contribution is 8.15. The highest BCUT2D eigenvalue weighted by Gasteiger charge is 2.29. The summed E-state index contributed by atoms with van der Waals surface area (Å²) in [4.78, 5) is 16.6. The molecule has 0 aliphatic carbocycles. The van der Waals surface area contributed by atoms with Crippen LogP contribution in [0.2, 0.25) is 0 Å². The Bertz CT molecular complexity index is 739. The zero-order chi connectivity index (χ0) is 16.9. The molecule has 124 valence electrons. The number of carbonyl (C=O) groups excluding carboxylic acids is 1. The monoisotopic (exact) mass is 340 g/mol. The largest absolute Gasteiger partial charge is 0.497 e. The molecule has 2 aromatic carbocycles. The minimum absolute atomic E-state index is 0.0411. The number of amidine groups is 1. The quantitative estimate of drug-likeness (QED) is 0.899. The van der Waals surface area contributed by atoms with Crippen molar-refractivity contribution in [1.82, 2.24) is 5.32 Å². The number of nitrogens with zero attached hydrogens (tertiary/aromatic N) is 1. The minimum atomic E-state index is -0.0868. The summed E-state index contributed by atoms with van der Waals surface area (Å²) < 4.78 is 5.16. The SMILES string of the molecule is COc1ccc(CCC2SC(=Nc3ccc(C)cc3)NC2=O)cc1. The van der Waals surface area contributed by atoms with Gasteiger partial charge in [-0.15, -0.1) is 0 Å². The number of aryl methyl sites for hydroxylation is 2. The van der Waals surface area contributed by atoms with Gasteiger partial charge in [-0.3, -0.25) is 4.79 Å². The fraction of sp³-hybridized carbons (Fsp3) is 0.263. The molecule has 0 bridgehead atoms. The number of amides is 1. The van der Waals surface area contributed by atoms with Gasteiger partial charge >= 0.3 is 0 Å². The Morgan fingerprint density at radius 1 is 1.12 bits per heavy atom. The van der Waals surface area contributed by atoms with E-state index in [9.17, 15) is 4.79 Å². The molecule has 1 amide bonds. The summed E-state index contributed by atoms with van der Waals surface area (Å²) >= 11 is 1.51. The van der Waals surface area contributed by atoms with Crippen molar-refractivity contribution in [2.24, 2.45) is 4.99 Å². The second-order valence-electron chi connectivity index (χ2n) is 5.73. The molecule has 1 unspecified atom stereocenters. The molecule has 0 aromatic heterocycles. The van der Waals surface area contributed by atoms with Gasteiger partial charge in [0.25, 0.3) is 0 Å². The number of thioether (sulfide) groups is 1. The van der Waals surface area contributed by atoms with E-state index in [-0.39, 0.29) is 11.2 Å². The average Bonchev–Trinajstić information content (AvgIpc) is 2.95. The number of methoxy groups -OCH3 is 1. The second kappa shape index (κ2) is 7.53. The Morgan fingerprint density at radius 3 is 2.50 bits per heavy atom. The van der Waals surface area contributed by atoms with E-state index >= 15 is 0 Å². The molecular weight excluding hydrogens is 320 g/mol. The van der Waals surface area contributed by atoms with Gasteiger partial charge in [0.15, 0.2) is 5.17 Å². The third-order valence-corrected chi connectivity index (χ3v) is 5.05. The van der Waals surface area contributed by atoms with Crippen LogP contribution in [0, 0.1) is 6.92 Å². The predicted octanol–water partition coefficient (Wildman–Crippen LogP) is 3.86. The normalized spacial score (nSPS) is 18.7. The lowest BCUT2D eigenvalue weighted by Crippen LogP contribution is -2.25. The zero-order valence-electron chi connectivity index (χ0n) is 13.8. The first kappa shape index (κ1) is 16.6. The molecule has 5 heteroatoms. The van der Waals surface area contributed by atoms with Crippen LogP contribution < -0.4 is 10.1 Å². The molecule has 2 aromatic rings. The second-order valence-corrected chi connectivity index (χ2v) is 6.93. The molecule has 4 nitrogen and oxygen atoms in total. The van der Waals surface area contributed by atoms with Gasteiger partial charge in [0.2, 0.25) is 5.91 Å². The van der Waals surface area contributed by atoms with Gasteiger partial charge < -0.3 is 10.1 Å². The molecule has 1 heterocycles. The van der Waals surface area contributed by atoms with Crippen molar-refractivity contribution in [3.05, 3.63) is 59.7 Å². The molecule has 0 spiro atoms. The number of nitrogens with one attached hydrogen (secondary N) is 1. The first-order valence-electron chi connectivity index (χ1n) is 7.90. The van der Waals surface area contributed by atoms with Crippen molar-refractivity contribution in [3.63, 3.8) is 0 Å². The van der Waals surface area contributed by atoms with Gasteiger partial charge in [-0.2, -0.15) is 0 Å². The molecule has 0 saturated carbocycles. The Balaban J connectivity index is 1.59. The van der Waals surface area contributed by atoms with E-state index in [1.54, 1.807) is 7.11 Å². The maximum Gasteiger partial charge on any atom is 0.239 e. The molecule has 3 rings (SSSR count). The van der Waals surface area contributed by atoms with Crippen LogP contribution >= 0.6 is 11.8 Å². The van der Waals surface area contributed by atoms with E-state index in [2.05, 4.69) is 10.3 Å². The summed E-state index contributed by atoms with van der Waals surface area (Å²) in [5.41, 5.74) is 3.26. The molecule has 1 aliphatic rings. The zero-order valence-corrected chi connectivity index (χ0v) is 14.6. The van der Waals surface area contributed by atoms with Crippen LogP contribution in [0.1, 0.15) is 17.5 Å². The lowest BCUT2D eigenvalue weighted by molar-refractivity contribution is -0.118. The smallest absolute Gasteiger partial charge is 0.239 e. The van der Waals surface area contributed by atoms with Crippen LogP contribution in [-0.4, -0.2) is 23.4 Å². The third-order valence-electron chi connectivity index (χ3n) is 3.90. The number of aliphatic imine (C=N–C) groups is 1. The highest BCUT2D eigenvalue weighted by atomic mass is 32.2. The summed E-state index contributed by atoms with van der Waals surface area (Å²) in [6.45, 7) is 2.04. The fourth-order valence-electron chi connectivity index (χ4n) is 2.47. The van der Waals surface area contributed by atoms with E-state index in [1.807, 2.05) is 55.5 Å². The van der Waals surface area contributed by atoms with Crippen molar-refractivity contribution in [2.75, 3.05) is 7.11 Å². The molecule has 1 saturated heterocycles. The van der Waals surface area contributed by atoms with Gasteiger partial charge in [-0.1, -0.05) is 41.6 Å². The number of ether oxygens (including phenoxy) is 1. The Kier molecular flexibility index (Phi) is 5.20. The molecule has 1 fully saturated rings. The van der Waals surface area contributed by atoms with Crippen molar-refractivity contribution >= 4 is 28.5 Å². The number of rotatable bonds is 5. The van der Waals surface area contributed by atoms with Gasteiger partial charge in [0.05, 0.1) is 18.0 Å². The van der Waals surface area contributed by atoms with Crippen LogP contribution in [0.5, 0.6) is 5.75 Å². The fourth-order valence-corrected chi connectivity index (χ4v) is 3.46. The van der Waals surface area contributed by atoms with Crippen LogP contribution in [0.15, 0.2) is 53.5 Å². The van der Waals surface area contributed by atoms with Gasteiger partial charge in [-0.25, -0.2) is 4.99 Å². The van der Waals surface area contributed by atoms with Crippen molar-refractivity contribution < 1.29 is 9.53 Å². The third kappa shape index (κ3) is 4.17. The lowest BCUT2D eigenvalue weighted by atomic mass is 10.1.